The highest BCUT2D eigenvalue weighted by atomic mass is 32.2. The van der Waals surface area contributed by atoms with E-state index in [1.807, 2.05) is 11.8 Å². The second-order valence-corrected chi connectivity index (χ2v) is 8.87. The molecular formula is C12H20N2O5S2. The van der Waals surface area contributed by atoms with Crippen LogP contribution >= 0.6 is 11.8 Å². The predicted molar refractivity (Wildman–Crippen MR) is 80.2 cm³/mol. The minimum Gasteiger partial charge on any atom is -0.480 e. The Morgan fingerprint density at radius 3 is 2.62 bits per heavy atom. The van der Waals surface area contributed by atoms with E-state index in [-0.39, 0.29) is 11.5 Å². The van der Waals surface area contributed by atoms with E-state index in [1.54, 1.807) is 0 Å². The molecule has 0 aromatic rings. The van der Waals surface area contributed by atoms with Gasteiger partial charge in [0.1, 0.15) is 6.54 Å². The van der Waals surface area contributed by atoms with Crippen molar-refractivity contribution in [2.24, 2.45) is 5.92 Å². The highest BCUT2D eigenvalue weighted by molar-refractivity contribution is 7.99. The Morgan fingerprint density at radius 2 is 2.10 bits per heavy atom. The Labute approximate surface area is 128 Å². The first-order valence-electron chi connectivity index (χ1n) is 6.92. The van der Waals surface area contributed by atoms with Gasteiger partial charge in [0.15, 0.2) is 9.84 Å². The highest BCUT2D eigenvalue weighted by Gasteiger charge is 2.35. The van der Waals surface area contributed by atoms with Gasteiger partial charge >= 0.3 is 12.0 Å². The number of nitrogens with one attached hydrogen (secondary N) is 1. The minimum atomic E-state index is -3.16. The van der Waals surface area contributed by atoms with Crippen LogP contribution in [0, 0.1) is 5.92 Å². The van der Waals surface area contributed by atoms with Crippen molar-refractivity contribution in [1.29, 1.82) is 0 Å². The van der Waals surface area contributed by atoms with Gasteiger partial charge in [-0.05, 0) is 30.3 Å². The molecule has 0 bridgehead atoms. The number of rotatable bonds is 5. The third-order valence-corrected chi connectivity index (χ3v) is 6.76. The molecule has 0 spiro atoms. The smallest absolute Gasteiger partial charge is 0.323 e. The lowest BCUT2D eigenvalue weighted by atomic mass is 10.1. The molecule has 2 unspecified atom stereocenters. The summed E-state index contributed by atoms with van der Waals surface area (Å²) in [6.07, 6.45) is 1.35. The van der Waals surface area contributed by atoms with Gasteiger partial charge in [0.25, 0.3) is 0 Å². The van der Waals surface area contributed by atoms with Crippen LogP contribution in [0.15, 0.2) is 0 Å². The van der Waals surface area contributed by atoms with Crippen molar-refractivity contribution in [2.45, 2.75) is 18.9 Å². The van der Waals surface area contributed by atoms with Crippen molar-refractivity contribution in [3.8, 4) is 0 Å². The molecule has 0 aromatic carbocycles. The summed E-state index contributed by atoms with van der Waals surface area (Å²) in [6.45, 7) is 0.0485. The summed E-state index contributed by atoms with van der Waals surface area (Å²) < 4.78 is 23.0. The minimum absolute atomic E-state index is 0.0142. The Morgan fingerprint density at radius 1 is 1.33 bits per heavy atom. The second kappa shape index (κ2) is 6.87. The lowest BCUT2D eigenvalue weighted by Crippen LogP contribution is -2.50. The van der Waals surface area contributed by atoms with Crippen LogP contribution in [0.4, 0.5) is 4.79 Å². The summed E-state index contributed by atoms with van der Waals surface area (Å²) in [4.78, 5) is 24.2. The molecule has 7 nitrogen and oxygen atoms in total. The van der Waals surface area contributed by atoms with Gasteiger partial charge in [0.05, 0.1) is 11.5 Å². The Hall–Kier alpha value is -0.960. The number of nitrogens with zero attached hydrogens (tertiary/aromatic N) is 1. The molecule has 2 saturated heterocycles. The average Bonchev–Trinajstić information content (AvgIpc) is 3.02. The van der Waals surface area contributed by atoms with Gasteiger partial charge in [-0.3, -0.25) is 4.79 Å². The summed E-state index contributed by atoms with van der Waals surface area (Å²) in [6, 6.07) is -1.01. The molecule has 120 valence electrons. The quantitative estimate of drug-likeness (QED) is 0.734. The molecule has 2 fully saturated rings. The predicted octanol–water partition coefficient (Wildman–Crippen LogP) is 0.0228. The van der Waals surface area contributed by atoms with Gasteiger partial charge in [-0.15, -0.1) is 0 Å². The molecule has 0 saturated carbocycles. The SMILES string of the molecule is O=C(O)CN(C(=O)NCC1CCSC1)C1CCS(=O)(=O)C1. The first-order chi connectivity index (χ1) is 9.87. The van der Waals surface area contributed by atoms with Crippen LogP contribution in [0.5, 0.6) is 0 Å². The topological polar surface area (TPSA) is 104 Å². The number of carboxylic acids is 1. The molecule has 2 amide bonds. The monoisotopic (exact) mass is 336 g/mol. The maximum Gasteiger partial charge on any atom is 0.323 e. The second-order valence-electron chi connectivity index (χ2n) is 5.49. The molecular weight excluding hydrogens is 316 g/mol. The molecule has 2 N–H and O–H groups in total. The largest absolute Gasteiger partial charge is 0.480 e. The molecule has 2 aliphatic heterocycles. The van der Waals surface area contributed by atoms with Crippen LogP contribution < -0.4 is 5.32 Å². The maximum atomic E-state index is 12.2. The average molecular weight is 336 g/mol. The van der Waals surface area contributed by atoms with Crippen LogP contribution in [-0.2, 0) is 14.6 Å². The fourth-order valence-electron chi connectivity index (χ4n) is 2.61. The lowest BCUT2D eigenvalue weighted by Gasteiger charge is -2.27. The molecule has 0 radical (unpaired) electrons. The number of urea groups is 1. The van der Waals surface area contributed by atoms with E-state index in [2.05, 4.69) is 5.32 Å². The highest BCUT2D eigenvalue weighted by Crippen LogP contribution is 2.23. The summed E-state index contributed by atoms with van der Waals surface area (Å²) in [5, 5.41) is 11.7. The number of hydrogen-bond donors (Lipinski definition) is 2. The zero-order valence-electron chi connectivity index (χ0n) is 11.7. The third kappa shape index (κ3) is 4.77. The summed E-state index contributed by atoms with van der Waals surface area (Å²) in [7, 11) is -3.16. The van der Waals surface area contributed by atoms with Gasteiger partial charge in [0, 0.05) is 12.6 Å². The first kappa shape index (κ1) is 16.4. The van der Waals surface area contributed by atoms with Crippen LogP contribution in [0.1, 0.15) is 12.8 Å². The van der Waals surface area contributed by atoms with E-state index in [1.165, 1.54) is 0 Å². The van der Waals surface area contributed by atoms with Crippen LogP contribution in [-0.4, -0.2) is 72.6 Å². The Kier molecular flexibility index (Phi) is 5.37. The van der Waals surface area contributed by atoms with Gasteiger partial charge in [-0.25, -0.2) is 13.2 Å². The van der Waals surface area contributed by atoms with E-state index in [9.17, 15) is 18.0 Å². The summed E-state index contributed by atoms with van der Waals surface area (Å²) >= 11 is 1.84. The number of amides is 2. The molecule has 2 aliphatic rings. The van der Waals surface area contributed by atoms with Crippen molar-refractivity contribution in [1.82, 2.24) is 10.2 Å². The van der Waals surface area contributed by atoms with Gasteiger partial charge in [-0.1, -0.05) is 0 Å². The zero-order chi connectivity index (χ0) is 15.5. The standard InChI is InChI=1S/C12H20N2O5S2/c15-11(16)6-14(10-2-4-21(18,19)8-10)12(17)13-5-9-1-3-20-7-9/h9-10H,1-8H2,(H,13,17)(H,15,16). The van der Waals surface area contributed by atoms with E-state index in [0.717, 1.165) is 22.8 Å². The van der Waals surface area contributed by atoms with E-state index in [4.69, 9.17) is 5.11 Å². The summed E-state index contributed by atoms with van der Waals surface area (Å²) in [5.74, 6) is 1.23. The number of hydrogen-bond acceptors (Lipinski definition) is 5. The van der Waals surface area contributed by atoms with Crippen molar-refractivity contribution in [2.75, 3.05) is 36.1 Å². The molecule has 21 heavy (non-hydrogen) atoms. The molecule has 0 aliphatic carbocycles. The van der Waals surface area contributed by atoms with Gasteiger partial charge < -0.3 is 15.3 Å². The third-order valence-electron chi connectivity index (χ3n) is 3.78. The van der Waals surface area contributed by atoms with Gasteiger partial charge in [0.2, 0.25) is 0 Å². The molecule has 0 aromatic heterocycles. The van der Waals surface area contributed by atoms with E-state index in [0.29, 0.717) is 18.9 Å². The van der Waals surface area contributed by atoms with Crippen molar-refractivity contribution in [3.05, 3.63) is 0 Å². The van der Waals surface area contributed by atoms with E-state index >= 15 is 0 Å². The van der Waals surface area contributed by atoms with Crippen LogP contribution in [0.25, 0.3) is 0 Å². The molecule has 9 heteroatoms. The number of carbonyl (C=O) groups excluding carboxylic acids is 1. The van der Waals surface area contributed by atoms with Crippen molar-refractivity contribution < 1.29 is 23.1 Å². The van der Waals surface area contributed by atoms with Gasteiger partial charge in [-0.2, -0.15) is 11.8 Å². The Bertz CT molecular complexity index is 502. The number of carbonyl (C=O) groups is 2. The molecule has 2 heterocycles. The van der Waals surface area contributed by atoms with Crippen LogP contribution in [0.3, 0.4) is 0 Å². The van der Waals surface area contributed by atoms with Crippen LogP contribution in [0.2, 0.25) is 0 Å². The fourth-order valence-corrected chi connectivity index (χ4v) is 5.63. The van der Waals surface area contributed by atoms with E-state index < -0.39 is 34.4 Å². The zero-order valence-corrected chi connectivity index (χ0v) is 13.3. The number of aliphatic carboxylic acids is 1. The van der Waals surface area contributed by atoms with Crippen molar-refractivity contribution in [3.63, 3.8) is 0 Å². The normalized spacial score (nSPS) is 27.4. The number of carboxylic acid groups (broad SMARTS) is 1. The first-order valence-corrected chi connectivity index (χ1v) is 9.89. The number of sulfone groups is 1. The summed E-state index contributed by atoms with van der Waals surface area (Å²) in [5.41, 5.74) is 0. The maximum absolute atomic E-state index is 12.2. The van der Waals surface area contributed by atoms with Crippen molar-refractivity contribution >= 4 is 33.6 Å². The lowest BCUT2D eigenvalue weighted by molar-refractivity contribution is -0.138. The molecule has 2 rings (SSSR count). The fraction of sp³-hybridized carbons (Fsp3) is 0.833. The Balaban J connectivity index is 1.94. The number of thioether (sulfide) groups is 1. The molecule has 2 atom stereocenters.